The van der Waals surface area contributed by atoms with E-state index in [1.165, 1.54) is 6.33 Å². The van der Waals surface area contributed by atoms with Gasteiger partial charge in [-0.2, -0.15) is 0 Å². The molecule has 5 heteroatoms. The molecule has 0 amide bonds. The maximum absolute atomic E-state index is 5.74. The van der Waals surface area contributed by atoms with Crippen LogP contribution in [0.1, 0.15) is 19.0 Å². The second-order valence-electron chi connectivity index (χ2n) is 4.00. The summed E-state index contributed by atoms with van der Waals surface area (Å²) in [7, 11) is 1.63. The lowest BCUT2D eigenvalue weighted by Crippen LogP contribution is -1.94. The maximum atomic E-state index is 5.74. The van der Waals surface area contributed by atoms with Gasteiger partial charge in [0.05, 0.1) is 11.6 Å². The first-order valence-corrected chi connectivity index (χ1v) is 6.84. The van der Waals surface area contributed by atoms with Crippen LogP contribution in [0.25, 0.3) is 0 Å². The number of aryl methyl sites for hydroxylation is 1. The fourth-order valence-electron chi connectivity index (χ4n) is 1.63. The molecule has 0 aliphatic carbocycles. The highest BCUT2D eigenvalue weighted by Gasteiger charge is 2.06. The van der Waals surface area contributed by atoms with E-state index in [1.807, 2.05) is 24.3 Å². The average molecular weight is 323 g/mol. The largest absolute Gasteiger partial charge is 0.497 e. The third-order valence-electron chi connectivity index (χ3n) is 2.56. The smallest absolute Gasteiger partial charge is 0.222 e. The van der Waals surface area contributed by atoms with E-state index in [0.29, 0.717) is 11.6 Å². The van der Waals surface area contributed by atoms with Crippen LogP contribution >= 0.6 is 15.9 Å². The lowest BCUT2D eigenvalue weighted by atomic mass is 10.2. The van der Waals surface area contributed by atoms with Crippen molar-refractivity contribution in [1.29, 1.82) is 0 Å². The van der Waals surface area contributed by atoms with Crippen LogP contribution in [0, 0.1) is 0 Å². The van der Waals surface area contributed by atoms with E-state index < -0.39 is 0 Å². The van der Waals surface area contributed by atoms with Crippen molar-refractivity contribution in [3.8, 4) is 17.4 Å². The number of rotatable bonds is 5. The number of hydrogen-bond acceptors (Lipinski definition) is 4. The number of nitrogens with zero attached hydrogens (tertiary/aromatic N) is 2. The number of ether oxygens (including phenoxy) is 2. The predicted octanol–water partition coefficient (Wildman–Crippen LogP) is 3.99. The van der Waals surface area contributed by atoms with Crippen LogP contribution < -0.4 is 9.47 Å². The molecule has 0 radical (unpaired) electrons. The van der Waals surface area contributed by atoms with E-state index in [4.69, 9.17) is 9.47 Å². The van der Waals surface area contributed by atoms with Crippen molar-refractivity contribution in [3.63, 3.8) is 0 Å². The number of benzene rings is 1. The molecule has 2 aromatic rings. The zero-order chi connectivity index (χ0) is 13.7. The van der Waals surface area contributed by atoms with E-state index in [9.17, 15) is 0 Å². The molecule has 0 atom stereocenters. The summed E-state index contributed by atoms with van der Waals surface area (Å²) >= 11 is 3.45. The summed E-state index contributed by atoms with van der Waals surface area (Å²) in [6.07, 6.45) is 3.49. The van der Waals surface area contributed by atoms with E-state index in [0.717, 1.165) is 28.8 Å². The van der Waals surface area contributed by atoms with Gasteiger partial charge in [0.15, 0.2) is 0 Å². The van der Waals surface area contributed by atoms with Gasteiger partial charge in [0.25, 0.3) is 0 Å². The van der Waals surface area contributed by atoms with Gasteiger partial charge >= 0.3 is 0 Å². The molecule has 1 aromatic carbocycles. The van der Waals surface area contributed by atoms with Crippen molar-refractivity contribution >= 4 is 15.9 Å². The SMILES string of the molecule is CCCc1cc(Oc2ccc(OC)cc2Br)ncn1. The fourth-order valence-corrected chi connectivity index (χ4v) is 2.07. The zero-order valence-electron chi connectivity index (χ0n) is 10.9. The molecule has 0 unspecified atom stereocenters. The van der Waals surface area contributed by atoms with Gasteiger partial charge in [-0.25, -0.2) is 9.97 Å². The highest BCUT2D eigenvalue weighted by Crippen LogP contribution is 2.32. The molecule has 0 fully saturated rings. The van der Waals surface area contributed by atoms with Gasteiger partial charge in [-0.1, -0.05) is 13.3 Å². The molecule has 0 aliphatic rings. The first-order chi connectivity index (χ1) is 9.22. The van der Waals surface area contributed by atoms with Crippen LogP contribution in [0.2, 0.25) is 0 Å². The first kappa shape index (κ1) is 13.8. The first-order valence-electron chi connectivity index (χ1n) is 6.05. The summed E-state index contributed by atoms with van der Waals surface area (Å²) in [5.41, 5.74) is 0.983. The summed E-state index contributed by atoms with van der Waals surface area (Å²) in [5.74, 6) is 2.01. The summed E-state index contributed by atoms with van der Waals surface area (Å²) in [6.45, 7) is 2.11. The molecule has 2 rings (SSSR count). The van der Waals surface area contributed by atoms with Gasteiger partial charge in [-0.15, -0.1) is 0 Å². The van der Waals surface area contributed by atoms with Crippen LogP contribution in [0.15, 0.2) is 35.1 Å². The van der Waals surface area contributed by atoms with Crippen molar-refractivity contribution < 1.29 is 9.47 Å². The van der Waals surface area contributed by atoms with Gasteiger partial charge in [-0.05, 0) is 40.5 Å². The number of halogens is 1. The molecule has 100 valence electrons. The molecule has 4 nitrogen and oxygen atoms in total. The Morgan fingerprint density at radius 1 is 1.21 bits per heavy atom. The van der Waals surface area contributed by atoms with Gasteiger partial charge < -0.3 is 9.47 Å². The third-order valence-corrected chi connectivity index (χ3v) is 3.18. The molecule has 0 saturated heterocycles. The Labute approximate surface area is 120 Å². The normalized spacial score (nSPS) is 10.3. The third kappa shape index (κ3) is 3.67. The van der Waals surface area contributed by atoms with Crippen LogP contribution in [-0.2, 0) is 6.42 Å². The standard InChI is InChI=1S/C14H15BrN2O2/c1-3-4-10-7-14(17-9-16-10)19-13-6-5-11(18-2)8-12(13)15/h5-9H,3-4H2,1-2H3. The van der Waals surface area contributed by atoms with Gasteiger partial charge in [-0.3, -0.25) is 0 Å². The van der Waals surface area contributed by atoms with Gasteiger partial charge in [0, 0.05) is 11.8 Å². The van der Waals surface area contributed by atoms with Gasteiger partial charge in [0.2, 0.25) is 5.88 Å². The van der Waals surface area contributed by atoms with E-state index >= 15 is 0 Å². The Hall–Kier alpha value is -1.62. The Kier molecular flexibility index (Phi) is 4.74. The van der Waals surface area contributed by atoms with E-state index in [1.54, 1.807) is 7.11 Å². The average Bonchev–Trinajstić information content (AvgIpc) is 2.42. The summed E-state index contributed by atoms with van der Waals surface area (Å²) in [6, 6.07) is 7.39. The molecule has 0 spiro atoms. The second-order valence-corrected chi connectivity index (χ2v) is 4.85. The lowest BCUT2D eigenvalue weighted by Gasteiger charge is -2.08. The molecule has 0 N–H and O–H groups in total. The van der Waals surface area contributed by atoms with Crippen LogP contribution in [0.4, 0.5) is 0 Å². The van der Waals surface area contributed by atoms with E-state index in [-0.39, 0.29) is 0 Å². The number of methoxy groups -OCH3 is 1. The highest BCUT2D eigenvalue weighted by atomic mass is 79.9. The number of hydrogen-bond donors (Lipinski definition) is 0. The van der Waals surface area contributed by atoms with Gasteiger partial charge in [0.1, 0.15) is 17.8 Å². The van der Waals surface area contributed by atoms with Crippen LogP contribution in [-0.4, -0.2) is 17.1 Å². The summed E-state index contributed by atoms with van der Waals surface area (Å²) < 4.78 is 11.7. The molecule has 0 saturated carbocycles. The molecule has 0 aliphatic heterocycles. The Bertz CT molecular complexity index is 561. The minimum absolute atomic E-state index is 0.546. The van der Waals surface area contributed by atoms with Crippen molar-refractivity contribution in [2.45, 2.75) is 19.8 Å². The number of aromatic nitrogens is 2. The molecule has 1 heterocycles. The highest BCUT2D eigenvalue weighted by molar-refractivity contribution is 9.10. The molecule has 19 heavy (non-hydrogen) atoms. The van der Waals surface area contributed by atoms with E-state index in [2.05, 4.69) is 32.8 Å². The van der Waals surface area contributed by atoms with Crippen molar-refractivity contribution in [2.24, 2.45) is 0 Å². The molecule has 1 aromatic heterocycles. The van der Waals surface area contributed by atoms with Crippen molar-refractivity contribution in [2.75, 3.05) is 7.11 Å². The minimum atomic E-state index is 0.546. The maximum Gasteiger partial charge on any atom is 0.222 e. The molecular weight excluding hydrogens is 308 g/mol. The second kappa shape index (κ2) is 6.52. The zero-order valence-corrected chi connectivity index (χ0v) is 12.5. The van der Waals surface area contributed by atoms with Crippen LogP contribution in [0.3, 0.4) is 0 Å². The quantitative estimate of drug-likeness (QED) is 0.834. The molecule has 0 bridgehead atoms. The summed E-state index contributed by atoms with van der Waals surface area (Å²) in [4.78, 5) is 8.31. The Balaban J connectivity index is 2.18. The predicted molar refractivity (Wildman–Crippen MR) is 76.8 cm³/mol. The Morgan fingerprint density at radius 3 is 2.74 bits per heavy atom. The topological polar surface area (TPSA) is 44.2 Å². The van der Waals surface area contributed by atoms with Crippen LogP contribution in [0.5, 0.6) is 17.4 Å². The molecular formula is C14H15BrN2O2. The Morgan fingerprint density at radius 2 is 2.05 bits per heavy atom. The monoisotopic (exact) mass is 322 g/mol. The summed E-state index contributed by atoms with van der Waals surface area (Å²) in [5, 5.41) is 0. The van der Waals surface area contributed by atoms with Crippen molar-refractivity contribution in [1.82, 2.24) is 9.97 Å². The lowest BCUT2D eigenvalue weighted by molar-refractivity contribution is 0.411. The van der Waals surface area contributed by atoms with Crippen molar-refractivity contribution in [3.05, 3.63) is 40.8 Å². The minimum Gasteiger partial charge on any atom is -0.497 e. The fraction of sp³-hybridized carbons (Fsp3) is 0.286.